The van der Waals surface area contributed by atoms with Crippen LogP contribution in [0.1, 0.15) is 37.4 Å². The van der Waals surface area contributed by atoms with Gasteiger partial charge < -0.3 is 9.88 Å². The molecular weight excluding hydrogens is 302 g/mol. The largest absolute Gasteiger partial charge is 0.325 e. The van der Waals surface area contributed by atoms with Gasteiger partial charge in [-0.05, 0) is 47.8 Å². The zero-order valence-corrected chi connectivity index (χ0v) is 12.7. The van der Waals surface area contributed by atoms with E-state index in [1.54, 1.807) is 0 Å². The number of hydrogen-bond acceptors (Lipinski definition) is 2. The molecule has 0 amide bonds. The fourth-order valence-electron chi connectivity index (χ4n) is 2.75. The van der Waals surface area contributed by atoms with E-state index in [9.17, 15) is 0 Å². The first-order chi connectivity index (χ1) is 9.24. The number of nitrogens with zero attached hydrogens (tertiary/aromatic N) is 2. The Hall–Kier alpha value is -1.29. The zero-order valence-electron chi connectivity index (χ0n) is 11.1. The summed E-state index contributed by atoms with van der Waals surface area (Å²) in [4.78, 5) is 4.62. The average Bonchev–Trinajstić information content (AvgIpc) is 3.01. The van der Waals surface area contributed by atoms with Crippen molar-refractivity contribution < 1.29 is 0 Å². The van der Waals surface area contributed by atoms with Crippen LogP contribution in [0.4, 0.5) is 11.6 Å². The lowest BCUT2D eigenvalue weighted by Gasteiger charge is -2.16. The van der Waals surface area contributed by atoms with Crippen LogP contribution in [0.15, 0.2) is 34.9 Å². The third-order valence-corrected chi connectivity index (χ3v) is 4.38. The van der Waals surface area contributed by atoms with Gasteiger partial charge in [0.15, 0.2) is 0 Å². The van der Waals surface area contributed by atoms with Gasteiger partial charge in [0, 0.05) is 16.7 Å². The van der Waals surface area contributed by atoms with E-state index in [1.807, 2.05) is 18.2 Å². The zero-order chi connectivity index (χ0) is 13.2. The number of halogens is 1. The summed E-state index contributed by atoms with van der Waals surface area (Å²) in [5.74, 6) is 0.955. The molecule has 1 aliphatic carbocycles. The molecule has 100 valence electrons. The number of rotatable bonds is 3. The molecule has 0 saturated heterocycles. The van der Waals surface area contributed by atoms with Gasteiger partial charge in [0.2, 0.25) is 5.95 Å². The van der Waals surface area contributed by atoms with Gasteiger partial charge in [-0.3, -0.25) is 0 Å². The van der Waals surface area contributed by atoms with E-state index in [-0.39, 0.29) is 0 Å². The SMILES string of the molecule is Cc1cn(C2CCCC2)c(Nc2ccccc2Br)n1. The van der Waals surface area contributed by atoms with Crippen LogP contribution < -0.4 is 5.32 Å². The number of para-hydroxylation sites is 1. The molecule has 1 saturated carbocycles. The van der Waals surface area contributed by atoms with Gasteiger partial charge in [-0.1, -0.05) is 25.0 Å². The standard InChI is InChI=1S/C15H18BrN3/c1-11-10-19(12-6-2-3-7-12)15(17-11)18-14-9-5-4-8-13(14)16/h4-5,8-10,12H,2-3,6-7H2,1H3,(H,17,18). The molecule has 1 N–H and O–H groups in total. The highest BCUT2D eigenvalue weighted by atomic mass is 79.9. The lowest BCUT2D eigenvalue weighted by Crippen LogP contribution is -2.08. The second kappa shape index (κ2) is 5.37. The van der Waals surface area contributed by atoms with Crippen molar-refractivity contribution >= 4 is 27.6 Å². The molecule has 0 unspecified atom stereocenters. The predicted octanol–water partition coefficient (Wildman–Crippen LogP) is 4.81. The monoisotopic (exact) mass is 319 g/mol. The van der Waals surface area contributed by atoms with E-state index in [4.69, 9.17) is 0 Å². The lowest BCUT2D eigenvalue weighted by molar-refractivity contribution is 0.524. The molecule has 0 radical (unpaired) electrons. The van der Waals surface area contributed by atoms with Crippen LogP contribution in [-0.4, -0.2) is 9.55 Å². The second-order valence-corrected chi connectivity index (χ2v) is 6.01. The Balaban J connectivity index is 1.90. The molecule has 3 rings (SSSR count). The number of benzene rings is 1. The Morgan fingerprint density at radius 1 is 1.26 bits per heavy atom. The first-order valence-corrected chi connectivity index (χ1v) is 7.60. The molecule has 2 aromatic rings. The molecule has 19 heavy (non-hydrogen) atoms. The Bertz CT molecular complexity index is 571. The van der Waals surface area contributed by atoms with Crippen molar-refractivity contribution in [2.75, 3.05) is 5.32 Å². The van der Waals surface area contributed by atoms with Crippen LogP contribution >= 0.6 is 15.9 Å². The van der Waals surface area contributed by atoms with Crippen molar-refractivity contribution in [2.45, 2.75) is 38.6 Å². The Morgan fingerprint density at radius 3 is 2.74 bits per heavy atom. The highest BCUT2D eigenvalue weighted by Gasteiger charge is 2.20. The van der Waals surface area contributed by atoms with Gasteiger partial charge in [0.05, 0.1) is 11.4 Å². The molecule has 1 aliphatic rings. The number of nitrogens with one attached hydrogen (secondary N) is 1. The van der Waals surface area contributed by atoms with Crippen LogP contribution in [0.3, 0.4) is 0 Å². The highest BCUT2D eigenvalue weighted by molar-refractivity contribution is 9.10. The van der Waals surface area contributed by atoms with Crippen molar-refractivity contribution in [3.8, 4) is 0 Å². The number of anilines is 2. The number of aromatic nitrogens is 2. The third-order valence-electron chi connectivity index (χ3n) is 3.69. The van der Waals surface area contributed by atoms with Crippen LogP contribution in [0.2, 0.25) is 0 Å². The Kier molecular flexibility index (Phi) is 3.60. The molecule has 1 fully saturated rings. The van der Waals surface area contributed by atoms with Gasteiger partial charge in [0.1, 0.15) is 0 Å². The molecular formula is C15H18BrN3. The van der Waals surface area contributed by atoms with Gasteiger partial charge in [-0.15, -0.1) is 0 Å². The molecule has 1 heterocycles. The third kappa shape index (κ3) is 2.68. The van der Waals surface area contributed by atoms with Gasteiger partial charge in [-0.2, -0.15) is 0 Å². The number of imidazole rings is 1. The van der Waals surface area contributed by atoms with Crippen LogP contribution in [0.25, 0.3) is 0 Å². The Morgan fingerprint density at radius 2 is 2.00 bits per heavy atom. The molecule has 0 spiro atoms. The van der Waals surface area contributed by atoms with Gasteiger partial charge in [-0.25, -0.2) is 4.98 Å². The van der Waals surface area contributed by atoms with Crippen LogP contribution in [0, 0.1) is 6.92 Å². The summed E-state index contributed by atoms with van der Waals surface area (Å²) in [5, 5.41) is 3.44. The van der Waals surface area contributed by atoms with Crippen molar-refractivity contribution in [3.05, 3.63) is 40.6 Å². The molecule has 0 atom stereocenters. The summed E-state index contributed by atoms with van der Waals surface area (Å²) in [5.41, 5.74) is 2.13. The lowest BCUT2D eigenvalue weighted by atomic mass is 10.2. The van der Waals surface area contributed by atoms with Gasteiger partial charge in [0.25, 0.3) is 0 Å². The average molecular weight is 320 g/mol. The highest BCUT2D eigenvalue weighted by Crippen LogP contribution is 2.33. The van der Waals surface area contributed by atoms with Crippen LogP contribution in [-0.2, 0) is 0 Å². The molecule has 0 aliphatic heterocycles. The van der Waals surface area contributed by atoms with Gasteiger partial charge >= 0.3 is 0 Å². The quantitative estimate of drug-likeness (QED) is 0.879. The smallest absolute Gasteiger partial charge is 0.207 e. The first-order valence-electron chi connectivity index (χ1n) is 6.81. The normalized spacial score (nSPS) is 15.9. The van der Waals surface area contributed by atoms with E-state index < -0.39 is 0 Å². The van der Waals surface area contributed by atoms with E-state index in [2.05, 4.69) is 50.0 Å². The van der Waals surface area contributed by atoms with Crippen molar-refractivity contribution in [1.82, 2.24) is 9.55 Å². The van der Waals surface area contributed by atoms with E-state index >= 15 is 0 Å². The summed E-state index contributed by atoms with van der Waals surface area (Å²) >= 11 is 3.57. The van der Waals surface area contributed by atoms with E-state index in [1.165, 1.54) is 25.7 Å². The molecule has 1 aromatic heterocycles. The minimum Gasteiger partial charge on any atom is -0.325 e. The molecule has 4 heteroatoms. The summed E-state index contributed by atoms with van der Waals surface area (Å²) in [6, 6.07) is 8.75. The van der Waals surface area contributed by atoms with Crippen molar-refractivity contribution in [1.29, 1.82) is 0 Å². The first kappa shape index (κ1) is 12.7. The minimum absolute atomic E-state index is 0.603. The number of hydrogen-bond donors (Lipinski definition) is 1. The predicted molar refractivity (Wildman–Crippen MR) is 81.9 cm³/mol. The van der Waals surface area contributed by atoms with Crippen molar-refractivity contribution in [2.24, 2.45) is 0 Å². The van der Waals surface area contributed by atoms with E-state index in [0.29, 0.717) is 6.04 Å². The fraction of sp³-hybridized carbons (Fsp3) is 0.400. The molecule has 1 aromatic carbocycles. The maximum absolute atomic E-state index is 4.62. The topological polar surface area (TPSA) is 29.9 Å². The van der Waals surface area contributed by atoms with E-state index in [0.717, 1.165) is 21.8 Å². The molecule has 0 bridgehead atoms. The van der Waals surface area contributed by atoms with Crippen LogP contribution in [0.5, 0.6) is 0 Å². The summed E-state index contributed by atoms with van der Waals surface area (Å²) in [7, 11) is 0. The summed E-state index contributed by atoms with van der Waals surface area (Å²) in [6.45, 7) is 2.05. The number of aryl methyl sites for hydroxylation is 1. The minimum atomic E-state index is 0.603. The molecule has 3 nitrogen and oxygen atoms in total. The maximum atomic E-state index is 4.62. The second-order valence-electron chi connectivity index (χ2n) is 5.16. The Labute approximate surface area is 122 Å². The summed E-state index contributed by atoms with van der Waals surface area (Å²) in [6.07, 6.45) is 7.35. The maximum Gasteiger partial charge on any atom is 0.207 e. The fourth-order valence-corrected chi connectivity index (χ4v) is 3.14. The van der Waals surface area contributed by atoms with Crippen molar-refractivity contribution in [3.63, 3.8) is 0 Å². The summed E-state index contributed by atoms with van der Waals surface area (Å²) < 4.78 is 3.37.